The van der Waals surface area contributed by atoms with Crippen molar-refractivity contribution in [3.8, 4) is 0 Å². The van der Waals surface area contributed by atoms with Gasteiger partial charge < -0.3 is 14.8 Å². The van der Waals surface area contributed by atoms with E-state index in [1.165, 1.54) is 11.3 Å². The van der Waals surface area contributed by atoms with Crippen LogP contribution >= 0.6 is 22.7 Å². The van der Waals surface area contributed by atoms with E-state index in [1.54, 1.807) is 29.7 Å². The Morgan fingerprint density at radius 1 is 1.15 bits per heavy atom. The van der Waals surface area contributed by atoms with E-state index in [2.05, 4.69) is 5.32 Å². The minimum atomic E-state index is -1.36. The molecule has 1 aliphatic carbocycles. The van der Waals surface area contributed by atoms with Crippen LogP contribution in [-0.2, 0) is 15.8 Å². The molecule has 1 aliphatic rings. The summed E-state index contributed by atoms with van der Waals surface area (Å²) in [7, 11) is 0. The molecular formula is C20H21NO3S2. The van der Waals surface area contributed by atoms with Crippen molar-refractivity contribution in [3.05, 3.63) is 68.9 Å². The van der Waals surface area contributed by atoms with Crippen LogP contribution in [-0.4, -0.2) is 17.6 Å². The third kappa shape index (κ3) is 2.92. The molecule has 4 rings (SSSR count). The molecule has 136 valence electrons. The van der Waals surface area contributed by atoms with E-state index in [1.807, 2.05) is 35.0 Å². The lowest BCUT2D eigenvalue weighted by atomic mass is 9.83. The van der Waals surface area contributed by atoms with Crippen molar-refractivity contribution in [2.45, 2.75) is 36.7 Å². The number of thiophene rings is 2. The molecule has 1 amide bonds. The van der Waals surface area contributed by atoms with Gasteiger partial charge in [0.15, 0.2) is 5.60 Å². The van der Waals surface area contributed by atoms with Crippen LogP contribution in [0.2, 0.25) is 0 Å². The molecule has 0 bridgehead atoms. The highest BCUT2D eigenvalue weighted by Crippen LogP contribution is 2.43. The molecule has 0 spiro atoms. The van der Waals surface area contributed by atoms with Crippen LogP contribution in [0.1, 0.15) is 41.2 Å². The smallest absolute Gasteiger partial charge is 0.231 e. The second-order valence-corrected chi connectivity index (χ2v) is 8.66. The van der Waals surface area contributed by atoms with Crippen molar-refractivity contribution in [1.82, 2.24) is 5.32 Å². The number of amides is 1. The van der Waals surface area contributed by atoms with Crippen LogP contribution in [0.3, 0.4) is 0 Å². The molecule has 2 N–H and O–H groups in total. The zero-order valence-corrected chi connectivity index (χ0v) is 15.9. The Morgan fingerprint density at radius 2 is 1.92 bits per heavy atom. The van der Waals surface area contributed by atoms with Gasteiger partial charge in [-0.2, -0.15) is 0 Å². The molecule has 1 atom stereocenters. The first kappa shape index (κ1) is 17.5. The fraction of sp³-hybridized carbons (Fsp3) is 0.350. The first-order valence-electron chi connectivity index (χ1n) is 8.78. The summed E-state index contributed by atoms with van der Waals surface area (Å²) >= 11 is 3.09. The van der Waals surface area contributed by atoms with Crippen molar-refractivity contribution >= 4 is 28.6 Å². The number of carbonyl (C=O) groups is 1. The Bertz CT molecular complexity index is 798. The second-order valence-electron chi connectivity index (χ2n) is 6.76. The maximum Gasteiger partial charge on any atom is 0.231 e. The molecule has 1 unspecified atom stereocenters. The van der Waals surface area contributed by atoms with Gasteiger partial charge in [-0.05, 0) is 47.9 Å². The Morgan fingerprint density at radius 3 is 2.54 bits per heavy atom. The van der Waals surface area contributed by atoms with E-state index in [4.69, 9.17) is 4.42 Å². The molecule has 0 aromatic carbocycles. The molecule has 3 aromatic rings. The van der Waals surface area contributed by atoms with E-state index in [9.17, 15) is 9.90 Å². The van der Waals surface area contributed by atoms with Gasteiger partial charge in [-0.3, -0.25) is 4.79 Å². The fourth-order valence-corrected chi connectivity index (χ4v) is 5.63. The van der Waals surface area contributed by atoms with E-state index in [0.29, 0.717) is 5.76 Å². The van der Waals surface area contributed by atoms with Crippen molar-refractivity contribution in [3.63, 3.8) is 0 Å². The van der Waals surface area contributed by atoms with Gasteiger partial charge in [0.1, 0.15) is 5.76 Å². The molecule has 3 heterocycles. The van der Waals surface area contributed by atoms with Crippen molar-refractivity contribution in [2.24, 2.45) is 0 Å². The highest BCUT2D eigenvalue weighted by molar-refractivity contribution is 7.10. The number of nitrogens with one attached hydrogen (secondary N) is 1. The minimum absolute atomic E-state index is 0.000938. The first-order chi connectivity index (χ1) is 12.7. The Labute approximate surface area is 160 Å². The average Bonchev–Trinajstić information content (AvgIpc) is 3.45. The summed E-state index contributed by atoms with van der Waals surface area (Å²) in [5.74, 6) is 0.441. The van der Waals surface area contributed by atoms with Gasteiger partial charge in [0.25, 0.3) is 0 Å². The third-order valence-corrected chi connectivity index (χ3v) is 7.34. The van der Waals surface area contributed by atoms with Crippen LogP contribution in [0.25, 0.3) is 0 Å². The third-order valence-electron chi connectivity index (χ3n) is 5.25. The normalized spacial score (nSPS) is 18.5. The lowest BCUT2D eigenvalue weighted by molar-refractivity contribution is -0.127. The molecular weight excluding hydrogens is 366 g/mol. The van der Waals surface area contributed by atoms with E-state index >= 15 is 0 Å². The predicted octanol–water partition coefficient (Wildman–Crippen LogP) is 4.27. The van der Waals surface area contributed by atoms with Gasteiger partial charge in [-0.1, -0.05) is 25.0 Å². The summed E-state index contributed by atoms with van der Waals surface area (Å²) < 4.78 is 5.49. The SMILES string of the molecule is O=C(NCC(O)(c1ccco1)c1cccs1)C1(c2cccs2)CCCC1. The number of rotatable bonds is 6. The predicted molar refractivity (Wildman–Crippen MR) is 104 cm³/mol. The topological polar surface area (TPSA) is 62.5 Å². The number of hydrogen-bond donors (Lipinski definition) is 2. The molecule has 1 saturated carbocycles. The molecule has 3 aromatic heterocycles. The Hall–Kier alpha value is -1.89. The monoisotopic (exact) mass is 387 g/mol. The molecule has 4 nitrogen and oxygen atoms in total. The molecule has 1 fully saturated rings. The van der Waals surface area contributed by atoms with Gasteiger partial charge in [0.05, 0.1) is 18.2 Å². The maximum absolute atomic E-state index is 13.2. The van der Waals surface area contributed by atoms with Crippen molar-refractivity contribution in [2.75, 3.05) is 6.54 Å². The molecule has 6 heteroatoms. The molecule has 0 saturated heterocycles. The van der Waals surface area contributed by atoms with Crippen molar-refractivity contribution in [1.29, 1.82) is 0 Å². The van der Waals surface area contributed by atoms with Gasteiger partial charge in [-0.25, -0.2) is 0 Å². The lowest BCUT2D eigenvalue weighted by Crippen LogP contribution is -2.48. The van der Waals surface area contributed by atoms with Crippen LogP contribution in [0, 0.1) is 0 Å². The van der Waals surface area contributed by atoms with Crippen LogP contribution in [0.5, 0.6) is 0 Å². The maximum atomic E-state index is 13.2. The zero-order valence-electron chi connectivity index (χ0n) is 14.3. The first-order valence-corrected chi connectivity index (χ1v) is 10.5. The Balaban J connectivity index is 1.59. The van der Waals surface area contributed by atoms with E-state index in [0.717, 1.165) is 35.4 Å². The summed E-state index contributed by atoms with van der Waals surface area (Å²) in [4.78, 5) is 15.1. The lowest BCUT2D eigenvalue weighted by Gasteiger charge is -2.30. The summed E-state index contributed by atoms with van der Waals surface area (Å²) in [5.41, 5.74) is -1.82. The van der Waals surface area contributed by atoms with Crippen LogP contribution in [0.15, 0.2) is 57.8 Å². The Kier molecular flexibility index (Phi) is 4.73. The number of furan rings is 1. The van der Waals surface area contributed by atoms with Crippen molar-refractivity contribution < 1.29 is 14.3 Å². The highest BCUT2D eigenvalue weighted by atomic mass is 32.1. The molecule has 0 aliphatic heterocycles. The second kappa shape index (κ2) is 7.02. The average molecular weight is 388 g/mol. The van der Waals surface area contributed by atoms with Gasteiger partial charge >= 0.3 is 0 Å². The fourth-order valence-electron chi connectivity index (χ4n) is 3.82. The van der Waals surface area contributed by atoms with Crippen LogP contribution < -0.4 is 5.32 Å². The molecule has 0 radical (unpaired) electrons. The summed E-state index contributed by atoms with van der Waals surface area (Å²) in [6.07, 6.45) is 5.37. The quantitative estimate of drug-likeness (QED) is 0.664. The summed E-state index contributed by atoms with van der Waals surface area (Å²) in [6, 6.07) is 11.3. The number of carbonyl (C=O) groups excluding carboxylic acids is 1. The van der Waals surface area contributed by atoms with Gasteiger partial charge in [0, 0.05) is 9.75 Å². The van der Waals surface area contributed by atoms with E-state index < -0.39 is 11.0 Å². The standard InChI is InChI=1S/C20H21NO3S2/c22-18(19(9-1-2-10-19)16-7-4-12-25-16)21-14-20(23,15-6-3-11-24-15)17-8-5-13-26-17/h3-8,11-13,23H,1-2,9-10,14H2,(H,21,22). The minimum Gasteiger partial charge on any atom is -0.466 e. The zero-order chi connectivity index (χ0) is 18.0. The number of aliphatic hydroxyl groups is 1. The largest absolute Gasteiger partial charge is 0.466 e. The van der Waals surface area contributed by atoms with Gasteiger partial charge in [0.2, 0.25) is 5.91 Å². The van der Waals surface area contributed by atoms with Gasteiger partial charge in [-0.15, -0.1) is 22.7 Å². The van der Waals surface area contributed by atoms with E-state index in [-0.39, 0.29) is 12.5 Å². The number of hydrogen-bond acceptors (Lipinski definition) is 5. The van der Waals surface area contributed by atoms with Crippen LogP contribution in [0.4, 0.5) is 0 Å². The molecule has 26 heavy (non-hydrogen) atoms. The summed E-state index contributed by atoms with van der Waals surface area (Å²) in [5, 5.41) is 18.3. The summed E-state index contributed by atoms with van der Waals surface area (Å²) in [6.45, 7) is 0.0903. The highest BCUT2D eigenvalue weighted by Gasteiger charge is 2.45.